The third kappa shape index (κ3) is 3.40. The minimum absolute atomic E-state index is 0.107. The fourth-order valence-electron chi connectivity index (χ4n) is 3.10. The maximum atomic E-state index is 14.0. The Morgan fingerprint density at radius 2 is 1.84 bits per heavy atom. The van der Waals surface area contributed by atoms with Crippen LogP contribution in [0.3, 0.4) is 0 Å². The van der Waals surface area contributed by atoms with Crippen LogP contribution in [0.5, 0.6) is 0 Å². The van der Waals surface area contributed by atoms with Crippen molar-refractivity contribution in [3.05, 3.63) is 65.7 Å². The maximum Gasteiger partial charge on any atom is 0.257 e. The fourth-order valence-corrected chi connectivity index (χ4v) is 3.10. The van der Waals surface area contributed by atoms with Gasteiger partial charge < -0.3 is 9.47 Å². The second kappa shape index (κ2) is 7.47. The van der Waals surface area contributed by atoms with Crippen molar-refractivity contribution in [3.63, 3.8) is 0 Å². The van der Waals surface area contributed by atoms with Crippen molar-refractivity contribution in [2.24, 2.45) is 0 Å². The lowest BCUT2D eigenvalue weighted by Gasteiger charge is -2.22. The number of carbonyl (C=O) groups excluding carboxylic acids is 1. The average Bonchev–Trinajstić information content (AvgIpc) is 2.98. The number of aryl methyl sites for hydroxylation is 1. The third-order valence-electron chi connectivity index (χ3n) is 4.27. The zero-order valence-electron chi connectivity index (χ0n) is 14.6. The van der Waals surface area contributed by atoms with Crippen LogP contribution in [-0.2, 0) is 13.1 Å². The van der Waals surface area contributed by atoms with Crippen LogP contribution in [0, 0.1) is 5.82 Å². The van der Waals surface area contributed by atoms with Gasteiger partial charge in [0.15, 0.2) is 0 Å². The van der Waals surface area contributed by atoms with E-state index in [4.69, 9.17) is 0 Å². The fraction of sp³-hybridized carbons (Fsp3) is 0.300. The van der Waals surface area contributed by atoms with Gasteiger partial charge in [0.2, 0.25) is 0 Å². The van der Waals surface area contributed by atoms with Crippen LogP contribution in [0.15, 0.2) is 48.5 Å². The second-order valence-electron chi connectivity index (χ2n) is 5.97. The number of rotatable bonds is 6. The van der Waals surface area contributed by atoms with Crippen LogP contribution in [-0.4, -0.2) is 26.9 Å². The molecule has 0 atom stereocenters. The zero-order chi connectivity index (χ0) is 17.8. The Labute approximate surface area is 146 Å². The Morgan fingerprint density at radius 3 is 2.56 bits per heavy atom. The molecule has 0 spiro atoms. The van der Waals surface area contributed by atoms with Crippen LogP contribution in [0.25, 0.3) is 11.0 Å². The summed E-state index contributed by atoms with van der Waals surface area (Å²) >= 11 is 0. The molecular formula is C20H22FN3O. The van der Waals surface area contributed by atoms with Crippen LogP contribution < -0.4 is 0 Å². The van der Waals surface area contributed by atoms with E-state index >= 15 is 0 Å². The number of para-hydroxylation sites is 2. The van der Waals surface area contributed by atoms with E-state index in [2.05, 4.69) is 16.5 Å². The molecule has 5 heteroatoms. The average molecular weight is 339 g/mol. The number of carbonyl (C=O) groups is 1. The number of amides is 1. The Balaban J connectivity index is 1.95. The smallest absolute Gasteiger partial charge is 0.257 e. The summed E-state index contributed by atoms with van der Waals surface area (Å²) in [6, 6.07) is 14.0. The molecule has 0 radical (unpaired) electrons. The highest BCUT2D eigenvalue weighted by Gasteiger charge is 2.21. The molecule has 0 saturated heterocycles. The first-order chi connectivity index (χ1) is 12.2. The van der Waals surface area contributed by atoms with E-state index in [0.717, 1.165) is 29.8 Å². The molecule has 0 aliphatic carbocycles. The van der Waals surface area contributed by atoms with E-state index in [1.807, 2.05) is 31.2 Å². The number of fused-ring (bicyclic) bond motifs is 1. The van der Waals surface area contributed by atoms with Crippen molar-refractivity contribution in [2.45, 2.75) is 33.4 Å². The van der Waals surface area contributed by atoms with Crippen molar-refractivity contribution in [1.82, 2.24) is 14.5 Å². The lowest BCUT2D eigenvalue weighted by atomic mass is 10.2. The Bertz CT molecular complexity index is 888. The van der Waals surface area contributed by atoms with Crippen LogP contribution >= 0.6 is 0 Å². The van der Waals surface area contributed by atoms with E-state index in [-0.39, 0.29) is 11.5 Å². The molecule has 25 heavy (non-hydrogen) atoms. The second-order valence-corrected chi connectivity index (χ2v) is 5.97. The summed E-state index contributed by atoms with van der Waals surface area (Å²) in [5.41, 5.74) is 2.07. The zero-order valence-corrected chi connectivity index (χ0v) is 14.6. The summed E-state index contributed by atoms with van der Waals surface area (Å²) in [5.74, 6) is 0.0362. The third-order valence-corrected chi connectivity index (χ3v) is 4.27. The number of aromatic nitrogens is 2. The van der Waals surface area contributed by atoms with Gasteiger partial charge in [0.25, 0.3) is 5.91 Å². The molecular weight excluding hydrogens is 317 g/mol. The van der Waals surface area contributed by atoms with E-state index in [9.17, 15) is 9.18 Å². The molecule has 130 valence electrons. The van der Waals surface area contributed by atoms with Crippen LogP contribution in [0.1, 0.15) is 36.5 Å². The summed E-state index contributed by atoms with van der Waals surface area (Å²) in [5, 5.41) is 0. The molecule has 3 aromatic rings. The number of halogens is 1. The largest absolute Gasteiger partial charge is 0.331 e. The van der Waals surface area contributed by atoms with Gasteiger partial charge in [-0.2, -0.15) is 0 Å². The van der Waals surface area contributed by atoms with Crippen molar-refractivity contribution in [2.75, 3.05) is 6.54 Å². The molecule has 0 aliphatic rings. The molecule has 0 N–H and O–H groups in total. The number of nitrogens with zero attached hydrogens (tertiary/aromatic N) is 3. The normalized spacial score (nSPS) is 11.0. The van der Waals surface area contributed by atoms with Gasteiger partial charge >= 0.3 is 0 Å². The minimum atomic E-state index is -0.488. The molecule has 3 rings (SSSR count). The molecule has 1 amide bonds. The topological polar surface area (TPSA) is 38.1 Å². The summed E-state index contributed by atoms with van der Waals surface area (Å²) < 4.78 is 16.1. The standard InChI is InChI=1S/C20H22FN3O/c1-3-13-23(20(25)15-9-5-6-10-16(15)21)14-19-22-17-11-7-8-12-18(17)24(19)4-2/h5-12H,3-4,13-14H2,1-2H3. The van der Waals surface area contributed by atoms with Gasteiger partial charge in [0, 0.05) is 13.1 Å². The van der Waals surface area contributed by atoms with E-state index in [1.54, 1.807) is 17.0 Å². The van der Waals surface area contributed by atoms with Gasteiger partial charge in [-0.1, -0.05) is 31.2 Å². The number of benzene rings is 2. The summed E-state index contributed by atoms with van der Waals surface area (Å²) in [6.07, 6.45) is 0.798. The lowest BCUT2D eigenvalue weighted by molar-refractivity contribution is 0.0732. The lowest BCUT2D eigenvalue weighted by Crippen LogP contribution is -2.33. The van der Waals surface area contributed by atoms with E-state index in [0.29, 0.717) is 13.1 Å². The predicted octanol–water partition coefficient (Wildman–Crippen LogP) is 4.25. The Kier molecular flexibility index (Phi) is 5.12. The molecule has 1 aromatic heterocycles. The molecule has 2 aromatic carbocycles. The number of hydrogen-bond acceptors (Lipinski definition) is 2. The molecule has 0 saturated carbocycles. The Morgan fingerprint density at radius 1 is 1.12 bits per heavy atom. The van der Waals surface area contributed by atoms with Crippen molar-refractivity contribution in [3.8, 4) is 0 Å². The molecule has 0 fully saturated rings. The van der Waals surface area contributed by atoms with Crippen LogP contribution in [0.4, 0.5) is 4.39 Å². The van der Waals surface area contributed by atoms with Crippen LogP contribution in [0.2, 0.25) is 0 Å². The summed E-state index contributed by atoms with van der Waals surface area (Å²) in [7, 11) is 0. The molecule has 0 unspecified atom stereocenters. The quantitative estimate of drug-likeness (QED) is 0.673. The highest BCUT2D eigenvalue weighted by molar-refractivity contribution is 5.94. The van der Waals surface area contributed by atoms with Gasteiger partial charge in [-0.05, 0) is 37.6 Å². The molecule has 0 aliphatic heterocycles. The molecule has 0 bridgehead atoms. The summed E-state index contributed by atoms with van der Waals surface area (Å²) in [6.45, 7) is 5.75. The van der Waals surface area contributed by atoms with Gasteiger partial charge in [-0.15, -0.1) is 0 Å². The first-order valence-corrected chi connectivity index (χ1v) is 8.63. The van der Waals surface area contributed by atoms with E-state index < -0.39 is 5.82 Å². The van der Waals surface area contributed by atoms with Crippen molar-refractivity contribution in [1.29, 1.82) is 0 Å². The van der Waals surface area contributed by atoms with Gasteiger partial charge in [-0.3, -0.25) is 4.79 Å². The number of hydrogen-bond donors (Lipinski definition) is 0. The molecule has 1 heterocycles. The maximum absolute atomic E-state index is 14.0. The first kappa shape index (κ1) is 17.1. The van der Waals surface area contributed by atoms with E-state index in [1.165, 1.54) is 12.1 Å². The monoisotopic (exact) mass is 339 g/mol. The summed E-state index contributed by atoms with van der Waals surface area (Å²) in [4.78, 5) is 19.2. The number of imidazole rings is 1. The van der Waals surface area contributed by atoms with Crippen molar-refractivity contribution < 1.29 is 9.18 Å². The molecule has 4 nitrogen and oxygen atoms in total. The van der Waals surface area contributed by atoms with Crippen molar-refractivity contribution >= 4 is 16.9 Å². The Hall–Kier alpha value is -2.69. The SMILES string of the molecule is CCCN(Cc1nc2ccccc2n1CC)C(=O)c1ccccc1F. The predicted molar refractivity (Wildman–Crippen MR) is 96.8 cm³/mol. The van der Waals surface area contributed by atoms with Gasteiger partial charge in [0.05, 0.1) is 23.1 Å². The first-order valence-electron chi connectivity index (χ1n) is 8.63. The van der Waals surface area contributed by atoms with Gasteiger partial charge in [-0.25, -0.2) is 9.37 Å². The minimum Gasteiger partial charge on any atom is -0.331 e. The highest BCUT2D eigenvalue weighted by Crippen LogP contribution is 2.19. The van der Waals surface area contributed by atoms with Gasteiger partial charge in [0.1, 0.15) is 11.6 Å². The highest BCUT2D eigenvalue weighted by atomic mass is 19.1.